The van der Waals surface area contributed by atoms with E-state index in [4.69, 9.17) is 17.3 Å². The lowest BCUT2D eigenvalue weighted by molar-refractivity contribution is 0.219. The van der Waals surface area contributed by atoms with Crippen molar-refractivity contribution in [1.29, 1.82) is 0 Å². The van der Waals surface area contributed by atoms with E-state index in [2.05, 4.69) is 90.1 Å². The van der Waals surface area contributed by atoms with Crippen LogP contribution < -0.4 is 16.4 Å². The van der Waals surface area contributed by atoms with Gasteiger partial charge in [-0.15, -0.1) is 0 Å². The molecule has 0 amide bonds. The lowest BCUT2D eigenvalue weighted by Crippen LogP contribution is -2.62. The second-order valence-electron chi connectivity index (χ2n) is 7.97. The zero-order valence-corrected chi connectivity index (χ0v) is 19.5. The molecule has 5 atom stereocenters. The molecule has 0 fully saturated rings. The average molecular weight is 436 g/mol. The van der Waals surface area contributed by atoms with E-state index in [9.17, 15) is 0 Å². The minimum absolute atomic E-state index is 0.218. The minimum Gasteiger partial charge on any atom is -0.351 e. The Morgan fingerprint density at radius 3 is 2.86 bits per heavy atom. The molecule has 2 rings (SSSR count). The number of halogens is 1. The first-order valence-electron chi connectivity index (χ1n) is 10.1. The molecule has 4 N–H and O–H groups in total. The molecule has 0 saturated carbocycles. The summed E-state index contributed by atoms with van der Waals surface area (Å²) in [6, 6.07) is 0.465. The molecule has 0 bridgehead atoms. The number of allylic oxidation sites excluding steroid dienone is 3. The van der Waals surface area contributed by atoms with Gasteiger partial charge in [0, 0.05) is 30.7 Å². The zero-order valence-electron chi connectivity index (χ0n) is 17.8. The number of amidine groups is 1. The molecule has 0 aromatic carbocycles. The van der Waals surface area contributed by atoms with Crippen molar-refractivity contribution in [2.24, 2.45) is 22.6 Å². The van der Waals surface area contributed by atoms with Gasteiger partial charge in [0.2, 0.25) is 0 Å². The van der Waals surface area contributed by atoms with Gasteiger partial charge in [0.1, 0.15) is 0 Å². The van der Waals surface area contributed by atoms with Crippen LogP contribution >= 0.6 is 24.2 Å². The predicted molar refractivity (Wildman–Crippen MR) is 128 cm³/mol. The van der Waals surface area contributed by atoms with Gasteiger partial charge in [-0.25, -0.2) is 4.99 Å². The van der Waals surface area contributed by atoms with Gasteiger partial charge < -0.3 is 10.6 Å². The van der Waals surface area contributed by atoms with E-state index in [0.717, 1.165) is 18.0 Å². The van der Waals surface area contributed by atoms with Crippen molar-refractivity contribution in [3.8, 4) is 11.8 Å². The maximum absolute atomic E-state index is 6.07. The SMILES string of the molecule is CC1C(CN(C)C(C#CCS)=NCN)N[C@](C)(NC2C=CC(Cl)=CC2)C=C[C@H]1C. The summed E-state index contributed by atoms with van der Waals surface area (Å²) in [6.07, 6.45) is 11.6. The third kappa shape index (κ3) is 7.20. The van der Waals surface area contributed by atoms with Crippen molar-refractivity contribution in [2.45, 2.75) is 44.9 Å². The van der Waals surface area contributed by atoms with Crippen LogP contribution in [0.1, 0.15) is 27.2 Å². The molecule has 5 nitrogen and oxygen atoms in total. The molecular formula is C22H34ClN5S. The molecule has 2 aliphatic rings. The maximum atomic E-state index is 6.07. The van der Waals surface area contributed by atoms with Crippen molar-refractivity contribution in [3.63, 3.8) is 0 Å². The Kier molecular flexibility index (Phi) is 9.32. The van der Waals surface area contributed by atoms with Gasteiger partial charge >= 0.3 is 0 Å². The van der Waals surface area contributed by atoms with Crippen molar-refractivity contribution < 1.29 is 0 Å². The number of likely N-dealkylation sites (N-methyl/N-ethyl adjacent to an activating group) is 1. The van der Waals surface area contributed by atoms with Gasteiger partial charge in [-0.3, -0.25) is 10.6 Å². The molecule has 1 aliphatic carbocycles. The summed E-state index contributed by atoms with van der Waals surface area (Å²) in [5, 5.41) is 8.37. The topological polar surface area (TPSA) is 65.7 Å². The second kappa shape index (κ2) is 11.2. The van der Waals surface area contributed by atoms with Crippen LogP contribution in [0.2, 0.25) is 0 Å². The zero-order chi connectivity index (χ0) is 21.4. The summed E-state index contributed by atoms with van der Waals surface area (Å²) in [5.74, 6) is 8.12. The lowest BCUT2D eigenvalue weighted by atomic mass is 9.89. The highest BCUT2D eigenvalue weighted by atomic mass is 35.5. The van der Waals surface area contributed by atoms with Crippen molar-refractivity contribution in [3.05, 3.63) is 35.4 Å². The van der Waals surface area contributed by atoms with Crippen LogP contribution in [0, 0.1) is 23.7 Å². The summed E-state index contributed by atoms with van der Waals surface area (Å²) in [6.45, 7) is 7.73. The fraction of sp³-hybridized carbons (Fsp3) is 0.591. The highest BCUT2D eigenvalue weighted by Gasteiger charge is 2.34. The van der Waals surface area contributed by atoms with Gasteiger partial charge in [-0.2, -0.15) is 12.6 Å². The third-order valence-electron chi connectivity index (χ3n) is 5.57. The standard InChI is InChI=1S/C22H34ClN5S/c1-16-11-12-22(3,26-19-9-7-18(23)8-10-19)27-20(17(16)2)14-28(4)21(25-15-24)6-5-13-29/h7-9,11-12,16-17,19-20,26-27,29H,10,13-15,24H2,1-4H3/t16-,17?,19?,20?,22+/m1/s1. The van der Waals surface area contributed by atoms with Crippen LogP contribution in [-0.2, 0) is 0 Å². The molecule has 1 heterocycles. The van der Waals surface area contributed by atoms with Crippen LogP contribution in [0.25, 0.3) is 0 Å². The summed E-state index contributed by atoms with van der Waals surface area (Å²) in [7, 11) is 2.01. The van der Waals surface area contributed by atoms with Crippen molar-refractivity contribution >= 4 is 30.1 Å². The highest BCUT2D eigenvalue weighted by Crippen LogP contribution is 2.25. The van der Waals surface area contributed by atoms with Crippen LogP contribution in [0.15, 0.2) is 40.4 Å². The molecule has 0 radical (unpaired) electrons. The van der Waals surface area contributed by atoms with E-state index in [-0.39, 0.29) is 24.4 Å². The predicted octanol–water partition coefficient (Wildman–Crippen LogP) is 2.72. The largest absolute Gasteiger partial charge is 0.351 e. The molecule has 0 spiro atoms. The third-order valence-corrected chi connectivity index (χ3v) is 6.01. The summed E-state index contributed by atoms with van der Waals surface area (Å²) in [5.41, 5.74) is 5.31. The first-order valence-corrected chi connectivity index (χ1v) is 11.1. The van der Waals surface area contributed by atoms with Crippen LogP contribution in [-0.4, -0.2) is 54.5 Å². The van der Waals surface area contributed by atoms with Gasteiger partial charge in [0.05, 0.1) is 18.1 Å². The number of nitrogens with two attached hydrogens (primary N) is 1. The Morgan fingerprint density at radius 1 is 1.48 bits per heavy atom. The number of rotatable bonds is 5. The van der Waals surface area contributed by atoms with E-state index in [1.807, 2.05) is 13.1 Å². The Hall–Kier alpha value is -1.23. The molecule has 0 aromatic heterocycles. The Morgan fingerprint density at radius 2 is 2.24 bits per heavy atom. The molecule has 0 saturated heterocycles. The number of hydrogen-bond acceptors (Lipinski definition) is 5. The molecular weight excluding hydrogens is 402 g/mol. The lowest BCUT2D eigenvalue weighted by Gasteiger charge is -2.39. The van der Waals surface area contributed by atoms with Gasteiger partial charge in [0.25, 0.3) is 0 Å². The van der Waals surface area contributed by atoms with Crippen molar-refractivity contribution in [2.75, 3.05) is 26.0 Å². The smallest absolute Gasteiger partial charge is 0.177 e. The monoisotopic (exact) mass is 435 g/mol. The van der Waals surface area contributed by atoms with Crippen LogP contribution in [0.4, 0.5) is 0 Å². The van der Waals surface area contributed by atoms with Crippen LogP contribution in [0.5, 0.6) is 0 Å². The molecule has 29 heavy (non-hydrogen) atoms. The quantitative estimate of drug-likeness (QED) is 0.176. The first kappa shape index (κ1) is 24.0. The van der Waals surface area contributed by atoms with Gasteiger partial charge in [-0.1, -0.05) is 55.7 Å². The summed E-state index contributed by atoms with van der Waals surface area (Å²) >= 11 is 10.2. The van der Waals surface area contributed by atoms with Gasteiger partial charge in [0.15, 0.2) is 5.84 Å². The number of aliphatic imine (C=N–C) groups is 1. The number of hydrogen-bond donors (Lipinski definition) is 4. The Balaban J connectivity index is 2.15. The molecule has 1 aliphatic heterocycles. The number of nitrogens with zero attached hydrogens (tertiary/aromatic N) is 2. The Bertz CT molecular complexity index is 735. The second-order valence-corrected chi connectivity index (χ2v) is 8.72. The van der Waals surface area contributed by atoms with Crippen LogP contribution in [0.3, 0.4) is 0 Å². The summed E-state index contributed by atoms with van der Waals surface area (Å²) in [4.78, 5) is 6.44. The number of thiol groups is 1. The average Bonchev–Trinajstić information content (AvgIpc) is 2.79. The van der Waals surface area contributed by atoms with E-state index in [0.29, 0.717) is 23.4 Å². The van der Waals surface area contributed by atoms with E-state index < -0.39 is 0 Å². The van der Waals surface area contributed by atoms with E-state index >= 15 is 0 Å². The van der Waals surface area contributed by atoms with Crippen molar-refractivity contribution in [1.82, 2.24) is 15.5 Å². The highest BCUT2D eigenvalue weighted by molar-refractivity contribution is 7.80. The van der Waals surface area contributed by atoms with Gasteiger partial charge in [-0.05, 0) is 37.2 Å². The van der Waals surface area contributed by atoms with E-state index in [1.165, 1.54) is 0 Å². The normalized spacial score (nSPS) is 32.2. The minimum atomic E-state index is -0.334. The fourth-order valence-electron chi connectivity index (χ4n) is 3.68. The molecule has 0 aromatic rings. The molecule has 160 valence electrons. The first-order chi connectivity index (χ1) is 13.8. The Labute approximate surface area is 186 Å². The number of nitrogens with one attached hydrogen (secondary N) is 2. The summed E-state index contributed by atoms with van der Waals surface area (Å²) < 4.78 is 0. The van der Waals surface area contributed by atoms with E-state index in [1.54, 1.807) is 0 Å². The maximum Gasteiger partial charge on any atom is 0.177 e. The fourth-order valence-corrected chi connectivity index (χ4v) is 3.92. The molecule has 7 heteroatoms. The molecule has 3 unspecified atom stereocenters.